The van der Waals surface area contributed by atoms with E-state index < -0.39 is 0 Å². The van der Waals surface area contributed by atoms with E-state index in [0.29, 0.717) is 0 Å². The molecule has 1 atom stereocenters. The van der Waals surface area contributed by atoms with E-state index in [0.717, 1.165) is 19.3 Å². The Kier molecular flexibility index (Phi) is 6.71. The van der Waals surface area contributed by atoms with Gasteiger partial charge in [0.05, 0.1) is 5.38 Å². The number of hydrogen-bond acceptors (Lipinski definition) is 2. The van der Waals surface area contributed by atoms with Gasteiger partial charge in [0.2, 0.25) is 0 Å². The molecule has 0 saturated carbocycles. The van der Waals surface area contributed by atoms with Gasteiger partial charge in [0.15, 0.2) is 0 Å². The molecule has 2 nitrogen and oxygen atoms in total. The smallest absolute Gasteiger partial charge is 0.417 e. The van der Waals surface area contributed by atoms with E-state index in [1.807, 2.05) is 0 Å². The minimum atomic E-state index is -0.0404. The van der Waals surface area contributed by atoms with Crippen LogP contribution in [-0.4, -0.2) is 18.5 Å². The van der Waals surface area contributed by atoms with Crippen molar-refractivity contribution in [2.45, 2.75) is 31.6 Å². The molecule has 0 aromatic carbocycles. The number of rotatable bonds is 6. The van der Waals surface area contributed by atoms with E-state index in [4.69, 9.17) is 11.6 Å². The normalized spacial score (nSPS) is 12.6. The maximum atomic E-state index is 9.58. The summed E-state index contributed by atoms with van der Waals surface area (Å²) in [6, 6.07) is 0. The molecule has 0 N–H and O–H groups in total. The van der Waals surface area contributed by atoms with Crippen molar-refractivity contribution in [1.29, 1.82) is 0 Å². The molecule has 0 aliphatic heterocycles. The second-order valence-electron chi connectivity index (χ2n) is 2.13. The van der Waals surface area contributed by atoms with E-state index in [-0.39, 0.29) is 12.0 Å². The number of ether oxygens (including phenoxy) is 1. The highest BCUT2D eigenvalue weighted by molar-refractivity contribution is 6.20. The molecule has 0 amide bonds. The van der Waals surface area contributed by atoms with E-state index >= 15 is 0 Å². The topological polar surface area (TPSA) is 26.3 Å². The molecule has 0 rings (SSSR count). The maximum absolute atomic E-state index is 9.58. The highest BCUT2D eigenvalue weighted by Gasteiger charge is 2.02. The Balaban J connectivity index is 3.07. The van der Waals surface area contributed by atoms with Gasteiger partial charge < -0.3 is 4.74 Å². The second-order valence-corrected chi connectivity index (χ2v) is 2.75. The first-order valence-corrected chi connectivity index (χ1v) is 3.88. The summed E-state index contributed by atoms with van der Waals surface area (Å²) in [6.07, 6.45) is 3.10. The summed E-state index contributed by atoms with van der Waals surface area (Å²) < 4.78 is 4.35. The van der Waals surface area contributed by atoms with Crippen molar-refractivity contribution in [1.82, 2.24) is 0 Å². The molecule has 3 heteroatoms. The first-order valence-electron chi connectivity index (χ1n) is 3.44. The number of carbonyl (C=O) groups excluding carboxylic acids is 1. The molecule has 1 unspecified atom stereocenters. The fourth-order valence-corrected chi connectivity index (χ4v) is 0.851. The zero-order chi connectivity index (χ0) is 7.82. The van der Waals surface area contributed by atoms with Gasteiger partial charge >= 0.3 is 6.47 Å². The van der Waals surface area contributed by atoms with Crippen molar-refractivity contribution in [3.05, 3.63) is 0 Å². The summed E-state index contributed by atoms with van der Waals surface area (Å²) in [5.74, 6) is 0. The molecule has 59 valence electrons. The zero-order valence-electron chi connectivity index (χ0n) is 6.10. The largest absolute Gasteiger partial charge is 0.456 e. The third-order valence-electron chi connectivity index (χ3n) is 1.19. The SMILES string of the molecule is CCCCC(Cl)CO[C]=O. The Bertz CT molecular complexity index is 85.7. The third kappa shape index (κ3) is 5.89. The first kappa shape index (κ1) is 9.76. The van der Waals surface area contributed by atoms with Gasteiger partial charge in [0, 0.05) is 0 Å². The summed E-state index contributed by atoms with van der Waals surface area (Å²) in [5, 5.41) is -0.0404. The van der Waals surface area contributed by atoms with Crippen LogP contribution in [0.15, 0.2) is 0 Å². The van der Waals surface area contributed by atoms with Crippen LogP contribution in [0.3, 0.4) is 0 Å². The molecular formula is C7H12ClO2. The predicted octanol–water partition coefficient (Wildman–Crippen LogP) is 1.87. The van der Waals surface area contributed by atoms with E-state index in [9.17, 15) is 4.79 Å². The number of hydrogen-bond donors (Lipinski definition) is 0. The summed E-state index contributed by atoms with van der Waals surface area (Å²) >= 11 is 5.73. The van der Waals surface area contributed by atoms with Crippen LogP contribution in [0.2, 0.25) is 0 Å². The fraction of sp³-hybridized carbons (Fsp3) is 0.857. The van der Waals surface area contributed by atoms with Gasteiger partial charge in [-0.25, -0.2) is 4.79 Å². The highest BCUT2D eigenvalue weighted by Crippen LogP contribution is 2.06. The lowest BCUT2D eigenvalue weighted by Crippen LogP contribution is -2.07. The zero-order valence-corrected chi connectivity index (χ0v) is 6.86. The minimum absolute atomic E-state index is 0.0404. The Morgan fingerprint density at radius 2 is 2.40 bits per heavy atom. The lowest BCUT2D eigenvalue weighted by atomic mass is 10.2. The average molecular weight is 164 g/mol. The summed E-state index contributed by atoms with van der Waals surface area (Å²) in [5.41, 5.74) is 0. The second kappa shape index (κ2) is 6.87. The quantitative estimate of drug-likeness (QED) is 0.559. The Morgan fingerprint density at radius 3 is 2.90 bits per heavy atom. The van der Waals surface area contributed by atoms with Crippen molar-refractivity contribution < 1.29 is 9.53 Å². The Labute approximate surface area is 66.5 Å². The van der Waals surface area contributed by atoms with Gasteiger partial charge in [-0.3, -0.25) is 0 Å². The van der Waals surface area contributed by atoms with Crippen LogP contribution in [0.4, 0.5) is 0 Å². The van der Waals surface area contributed by atoms with Gasteiger partial charge in [0.1, 0.15) is 6.61 Å². The van der Waals surface area contributed by atoms with Crippen LogP contribution in [0.25, 0.3) is 0 Å². The third-order valence-corrected chi connectivity index (χ3v) is 1.54. The predicted molar refractivity (Wildman–Crippen MR) is 40.8 cm³/mol. The highest BCUT2D eigenvalue weighted by atomic mass is 35.5. The molecule has 0 fully saturated rings. The van der Waals surface area contributed by atoms with Gasteiger partial charge in [-0.2, -0.15) is 0 Å². The van der Waals surface area contributed by atoms with Gasteiger partial charge in [-0.15, -0.1) is 11.6 Å². The molecule has 0 aromatic heterocycles. The van der Waals surface area contributed by atoms with Crippen molar-refractivity contribution in [3.8, 4) is 0 Å². The standard InChI is InChI=1S/C7H12ClO2/c1-2-3-4-7(8)5-10-6-9/h7H,2-5H2,1H3. The molecule has 10 heavy (non-hydrogen) atoms. The Morgan fingerprint density at radius 1 is 1.70 bits per heavy atom. The summed E-state index contributed by atoms with van der Waals surface area (Å²) in [6.45, 7) is 3.72. The average Bonchev–Trinajstić information content (AvgIpc) is 1.97. The van der Waals surface area contributed by atoms with Crippen molar-refractivity contribution in [2.75, 3.05) is 6.61 Å². The molecule has 1 radical (unpaired) electrons. The molecule has 0 bridgehead atoms. The van der Waals surface area contributed by atoms with Crippen molar-refractivity contribution in [2.24, 2.45) is 0 Å². The molecular weight excluding hydrogens is 152 g/mol. The van der Waals surface area contributed by atoms with Crippen LogP contribution >= 0.6 is 11.6 Å². The lowest BCUT2D eigenvalue weighted by Gasteiger charge is -2.04. The summed E-state index contributed by atoms with van der Waals surface area (Å²) in [7, 11) is 0. The van der Waals surface area contributed by atoms with Gasteiger partial charge in [-0.1, -0.05) is 19.8 Å². The minimum Gasteiger partial charge on any atom is -0.456 e. The Hall–Kier alpha value is -0.240. The first-order chi connectivity index (χ1) is 4.81. The lowest BCUT2D eigenvalue weighted by molar-refractivity contribution is 0.272. The van der Waals surface area contributed by atoms with Crippen molar-refractivity contribution in [3.63, 3.8) is 0 Å². The number of unbranched alkanes of at least 4 members (excludes halogenated alkanes) is 1. The van der Waals surface area contributed by atoms with Gasteiger partial charge in [0.25, 0.3) is 0 Å². The van der Waals surface area contributed by atoms with Crippen LogP contribution in [0.1, 0.15) is 26.2 Å². The molecule has 0 spiro atoms. The molecule has 0 aromatic rings. The van der Waals surface area contributed by atoms with Crippen LogP contribution < -0.4 is 0 Å². The van der Waals surface area contributed by atoms with Crippen molar-refractivity contribution >= 4 is 18.1 Å². The fourth-order valence-electron chi connectivity index (χ4n) is 0.633. The monoisotopic (exact) mass is 163 g/mol. The maximum Gasteiger partial charge on any atom is 0.417 e. The molecule has 0 aliphatic rings. The number of halogens is 1. The molecule has 0 aliphatic carbocycles. The van der Waals surface area contributed by atoms with Crippen LogP contribution in [-0.2, 0) is 9.53 Å². The van der Waals surface area contributed by atoms with Gasteiger partial charge in [-0.05, 0) is 6.42 Å². The molecule has 0 saturated heterocycles. The van der Waals surface area contributed by atoms with E-state index in [1.54, 1.807) is 0 Å². The number of alkyl halides is 1. The molecule has 0 heterocycles. The summed E-state index contributed by atoms with van der Waals surface area (Å²) in [4.78, 5) is 9.58. The van der Waals surface area contributed by atoms with Crippen LogP contribution in [0, 0.1) is 0 Å². The van der Waals surface area contributed by atoms with Crippen LogP contribution in [0.5, 0.6) is 0 Å². The van der Waals surface area contributed by atoms with E-state index in [1.165, 1.54) is 6.47 Å². The van der Waals surface area contributed by atoms with E-state index in [2.05, 4.69) is 11.7 Å².